The Morgan fingerprint density at radius 2 is 2.06 bits per heavy atom. The van der Waals surface area contributed by atoms with E-state index >= 15 is 0 Å². The largest absolute Gasteiger partial charge is 0.435 e. The Morgan fingerprint density at radius 3 is 2.44 bits per heavy atom. The molecule has 1 heterocycles. The highest BCUT2D eigenvalue weighted by Gasteiger charge is 2.32. The van der Waals surface area contributed by atoms with Crippen LogP contribution in [0.25, 0.3) is 0 Å². The molecule has 1 aromatic heterocycles. The third-order valence-electron chi connectivity index (χ3n) is 2.37. The summed E-state index contributed by atoms with van der Waals surface area (Å²) in [5.74, 6) is 0.253. The molecular formula is C10H14F3N3OS. The third-order valence-corrected chi connectivity index (χ3v) is 3.53. The Bertz CT molecular complexity index is 368. The summed E-state index contributed by atoms with van der Waals surface area (Å²) in [6.45, 7) is 1.79. The van der Waals surface area contributed by atoms with E-state index in [2.05, 4.69) is 15.5 Å². The molecule has 0 saturated heterocycles. The van der Waals surface area contributed by atoms with Crippen molar-refractivity contribution in [2.24, 2.45) is 0 Å². The monoisotopic (exact) mass is 281 g/mol. The number of aliphatic hydroxyl groups excluding tert-OH is 1. The van der Waals surface area contributed by atoms with Gasteiger partial charge in [-0.25, -0.2) is 0 Å². The van der Waals surface area contributed by atoms with Crippen LogP contribution in [0.4, 0.5) is 19.0 Å². The number of aromatic nitrogens is 2. The van der Waals surface area contributed by atoms with E-state index in [4.69, 9.17) is 5.11 Å². The van der Waals surface area contributed by atoms with Crippen LogP contribution in [0, 0.1) is 0 Å². The summed E-state index contributed by atoms with van der Waals surface area (Å²) in [6.07, 6.45) is -2.64. The molecule has 0 bridgehead atoms. The molecule has 0 aliphatic heterocycles. The van der Waals surface area contributed by atoms with Crippen molar-refractivity contribution in [3.8, 4) is 0 Å². The Hall–Kier alpha value is -1.02. The summed E-state index contributed by atoms with van der Waals surface area (Å²) in [4.78, 5) is 0. The molecule has 4 nitrogen and oxygen atoms in total. The first-order valence-electron chi connectivity index (χ1n) is 5.19. The standard InChI is InChI=1S/C10H14F3N3OS/c1-6(7(5-17)18-2)14-9-4-3-8(15-16-9)10(11,12)13/h3-4,6-7,17H,5H2,1-2H3,(H,14,16)/t6-,7+/m0/s1. The van der Waals surface area contributed by atoms with Gasteiger partial charge >= 0.3 is 6.18 Å². The van der Waals surface area contributed by atoms with Crippen molar-refractivity contribution in [1.82, 2.24) is 10.2 Å². The van der Waals surface area contributed by atoms with Crippen LogP contribution in [-0.4, -0.2) is 39.5 Å². The summed E-state index contributed by atoms with van der Waals surface area (Å²) >= 11 is 1.46. The lowest BCUT2D eigenvalue weighted by atomic mass is 10.2. The average Bonchev–Trinajstić information content (AvgIpc) is 2.30. The molecule has 0 amide bonds. The molecule has 1 aromatic rings. The molecule has 2 N–H and O–H groups in total. The Labute approximate surface area is 107 Å². The zero-order valence-electron chi connectivity index (χ0n) is 9.90. The number of nitrogens with one attached hydrogen (secondary N) is 1. The first-order chi connectivity index (χ1) is 8.38. The molecule has 0 aliphatic carbocycles. The number of halogens is 3. The van der Waals surface area contributed by atoms with Gasteiger partial charge in [-0.2, -0.15) is 24.9 Å². The van der Waals surface area contributed by atoms with Crippen molar-refractivity contribution in [3.63, 3.8) is 0 Å². The van der Waals surface area contributed by atoms with Gasteiger partial charge in [0.1, 0.15) is 5.82 Å². The lowest BCUT2D eigenvalue weighted by molar-refractivity contribution is -0.141. The highest BCUT2D eigenvalue weighted by molar-refractivity contribution is 7.99. The maximum absolute atomic E-state index is 12.3. The van der Waals surface area contributed by atoms with Crippen LogP contribution in [0.15, 0.2) is 12.1 Å². The van der Waals surface area contributed by atoms with Gasteiger partial charge in [0, 0.05) is 11.3 Å². The van der Waals surface area contributed by atoms with Crippen LogP contribution in [0.3, 0.4) is 0 Å². The highest BCUT2D eigenvalue weighted by Crippen LogP contribution is 2.27. The van der Waals surface area contributed by atoms with Gasteiger partial charge in [0.15, 0.2) is 5.69 Å². The van der Waals surface area contributed by atoms with E-state index < -0.39 is 11.9 Å². The Kier molecular flexibility index (Phi) is 5.21. The van der Waals surface area contributed by atoms with E-state index in [-0.39, 0.29) is 23.7 Å². The predicted molar refractivity (Wildman–Crippen MR) is 64.5 cm³/mol. The molecule has 0 fully saturated rings. The number of nitrogens with zero attached hydrogens (tertiary/aromatic N) is 2. The van der Waals surface area contributed by atoms with Crippen molar-refractivity contribution >= 4 is 17.6 Å². The summed E-state index contributed by atoms with van der Waals surface area (Å²) < 4.78 is 36.8. The minimum absolute atomic E-state index is 0.0244. The minimum atomic E-state index is -4.48. The van der Waals surface area contributed by atoms with Gasteiger partial charge in [0.25, 0.3) is 0 Å². The summed E-state index contributed by atoms with van der Waals surface area (Å²) in [6, 6.07) is 1.96. The quantitative estimate of drug-likeness (QED) is 0.864. The van der Waals surface area contributed by atoms with Gasteiger partial charge < -0.3 is 10.4 Å². The molecule has 1 rings (SSSR count). The van der Waals surface area contributed by atoms with Gasteiger partial charge in [0.05, 0.1) is 6.61 Å². The number of hydrogen-bond acceptors (Lipinski definition) is 5. The topological polar surface area (TPSA) is 58.0 Å². The fourth-order valence-electron chi connectivity index (χ4n) is 1.32. The number of thioether (sulfide) groups is 1. The molecule has 0 saturated carbocycles. The molecule has 18 heavy (non-hydrogen) atoms. The smallest absolute Gasteiger partial charge is 0.395 e. The van der Waals surface area contributed by atoms with Crippen molar-refractivity contribution in [2.75, 3.05) is 18.2 Å². The second kappa shape index (κ2) is 6.24. The second-order valence-electron chi connectivity index (χ2n) is 3.69. The lowest BCUT2D eigenvalue weighted by Gasteiger charge is -2.21. The molecule has 0 spiro atoms. The number of alkyl halides is 3. The van der Waals surface area contributed by atoms with Gasteiger partial charge in [-0.1, -0.05) is 0 Å². The molecule has 0 aromatic carbocycles. The van der Waals surface area contributed by atoms with Crippen LogP contribution >= 0.6 is 11.8 Å². The number of rotatable bonds is 5. The fraction of sp³-hybridized carbons (Fsp3) is 0.600. The first kappa shape index (κ1) is 15.0. The van der Waals surface area contributed by atoms with E-state index in [1.165, 1.54) is 17.8 Å². The van der Waals surface area contributed by atoms with Crippen LogP contribution in [0.2, 0.25) is 0 Å². The van der Waals surface area contributed by atoms with Crippen LogP contribution in [-0.2, 0) is 6.18 Å². The Morgan fingerprint density at radius 1 is 1.39 bits per heavy atom. The summed E-state index contributed by atoms with van der Waals surface area (Å²) in [7, 11) is 0. The van der Waals surface area contributed by atoms with Crippen molar-refractivity contribution in [3.05, 3.63) is 17.8 Å². The number of aliphatic hydroxyl groups is 1. The van der Waals surface area contributed by atoms with Crippen LogP contribution in [0.5, 0.6) is 0 Å². The summed E-state index contributed by atoms with van der Waals surface area (Å²) in [5.41, 5.74) is -1.02. The molecule has 102 valence electrons. The van der Waals surface area contributed by atoms with Crippen molar-refractivity contribution in [1.29, 1.82) is 0 Å². The number of anilines is 1. The van der Waals surface area contributed by atoms with E-state index in [1.807, 2.05) is 13.2 Å². The van der Waals surface area contributed by atoms with E-state index in [0.29, 0.717) is 0 Å². The SMILES string of the molecule is CS[C@H](CO)[C@H](C)Nc1ccc(C(F)(F)F)nn1. The zero-order chi connectivity index (χ0) is 13.8. The van der Waals surface area contributed by atoms with Crippen molar-refractivity contribution in [2.45, 2.75) is 24.4 Å². The molecular weight excluding hydrogens is 267 g/mol. The Balaban J connectivity index is 2.69. The lowest BCUT2D eigenvalue weighted by Crippen LogP contribution is -2.31. The zero-order valence-corrected chi connectivity index (χ0v) is 10.7. The molecule has 0 aliphatic rings. The van der Waals surface area contributed by atoms with Gasteiger partial charge in [0.2, 0.25) is 0 Å². The molecule has 8 heteroatoms. The normalized spacial score (nSPS) is 15.2. The fourth-order valence-corrected chi connectivity index (χ4v) is 1.95. The van der Waals surface area contributed by atoms with Crippen molar-refractivity contribution < 1.29 is 18.3 Å². The van der Waals surface area contributed by atoms with Crippen LogP contribution in [0.1, 0.15) is 12.6 Å². The average molecular weight is 281 g/mol. The summed E-state index contributed by atoms with van der Waals surface area (Å²) in [5, 5.41) is 18.5. The van der Waals surface area contributed by atoms with Gasteiger partial charge in [-0.15, -0.1) is 10.2 Å². The molecule has 2 atom stereocenters. The van der Waals surface area contributed by atoms with E-state index in [9.17, 15) is 13.2 Å². The second-order valence-corrected chi connectivity index (χ2v) is 4.77. The van der Waals surface area contributed by atoms with E-state index in [0.717, 1.165) is 6.07 Å². The van der Waals surface area contributed by atoms with E-state index in [1.54, 1.807) is 0 Å². The third kappa shape index (κ3) is 4.02. The maximum Gasteiger partial charge on any atom is 0.435 e. The van der Waals surface area contributed by atoms with Gasteiger partial charge in [-0.05, 0) is 25.3 Å². The molecule has 0 unspecified atom stereocenters. The maximum atomic E-state index is 12.3. The van der Waals surface area contributed by atoms with Gasteiger partial charge in [-0.3, -0.25) is 0 Å². The van der Waals surface area contributed by atoms with Crippen LogP contribution < -0.4 is 5.32 Å². The number of hydrogen-bond donors (Lipinski definition) is 2. The molecule has 0 radical (unpaired) electrons. The minimum Gasteiger partial charge on any atom is -0.395 e. The highest BCUT2D eigenvalue weighted by atomic mass is 32.2. The first-order valence-corrected chi connectivity index (χ1v) is 6.48. The predicted octanol–water partition coefficient (Wildman–Crippen LogP) is 2.02.